The molecule has 25 heavy (non-hydrogen) atoms. The second-order valence-corrected chi connectivity index (χ2v) is 8.33. The Bertz CT molecular complexity index is 778. The van der Waals surface area contributed by atoms with E-state index in [9.17, 15) is 12.8 Å². The lowest BCUT2D eigenvalue weighted by Gasteiger charge is -2.09. The highest BCUT2D eigenvalue weighted by Gasteiger charge is 2.13. The minimum Gasteiger partial charge on any atom is -0.494 e. The lowest BCUT2D eigenvalue weighted by atomic mass is 10.2. The Balaban J connectivity index is 1.82. The summed E-state index contributed by atoms with van der Waals surface area (Å²) in [5, 5.41) is 0.377. The number of ether oxygens (including phenoxy) is 1. The van der Waals surface area contributed by atoms with Crippen LogP contribution in [0.1, 0.15) is 12.5 Å². The topological polar surface area (TPSA) is 55.4 Å². The Labute approximate surface area is 156 Å². The highest BCUT2D eigenvalue weighted by molar-refractivity contribution is 7.98. The molecule has 8 heteroatoms. The molecule has 0 heterocycles. The zero-order valence-electron chi connectivity index (χ0n) is 13.7. The van der Waals surface area contributed by atoms with E-state index in [1.165, 1.54) is 30.0 Å². The van der Waals surface area contributed by atoms with Gasteiger partial charge in [0.1, 0.15) is 11.6 Å². The van der Waals surface area contributed by atoms with Crippen molar-refractivity contribution in [3.63, 3.8) is 0 Å². The number of rotatable bonds is 9. The first-order valence-corrected chi connectivity index (χ1v) is 10.7. The maximum atomic E-state index is 13.6. The second kappa shape index (κ2) is 9.43. The second-order valence-electron chi connectivity index (χ2n) is 5.05. The molecule has 0 unspecified atom stereocenters. The van der Waals surface area contributed by atoms with Crippen LogP contribution < -0.4 is 9.46 Å². The third-order valence-electron chi connectivity index (χ3n) is 3.29. The molecule has 2 rings (SSSR count). The number of benzene rings is 2. The Hall–Kier alpha value is -1.28. The van der Waals surface area contributed by atoms with E-state index in [4.69, 9.17) is 16.3 Å². The molecule has 0 fully saturated rings. The van der Waals surface area contributed by atoms with Gasteiger partial charge >= 0.3 is 0 Å². The summed E-state index contributed by atoms with van der Waals surface area (Å²) in [5.74, 6) is 1.16. The van der Waals surface area contributed by atoms with Crippen molar-refractivity contribution < 1.29 is 17.5 Å². The predicted molar refractivity (Wildman–Crippen MR) is 100 cm³/mol. The van der Waals surface area contributed by atoms with E-state index in [0.29, 0.717) is 34.4 Å². The van der Waals surface area contributed by atoms with Gasteiger partial charge in [-0.25, -0.2) is 17.5 Å². The largest absolute Gasteiger partial charge is 0.494 e. The van der Waals surface area contributed by atoms with Gasteiger partial charge in [0.2, 0.25) is 10.0 Å². The van der Waals surface area contributed by atoms with E-state index in [-0.39, 0.29) is 17.3 Å². The summed E-state index contributed by atoms with van der Waals surface area (Å²) in [7, 11) is -3.57. The predicted octanol–water partition coefficient (Wildman–Crippen LogP) is 4.09. The van der Waals surface area contributed by atoms with Gasteiger partial charge in [0.05, 0.1) is 11.5 Å². The van der Waals surface area contributed by atoms with Crippen LogP contribution >= 0.6 is 23.4 Å². The molecule has 0 saturated heterocycles. The van der Waals surface area contributed by atoms with Gasteiger partial charge in [0, 0.05) is 28.6 Å². The van der Waals surface area contributed by atoms with Crippen LogP contribution in [0.2, 0.25) is 5.02 Å². The molecule has 136 valence electrons. The standard InChI is InChI=1S/C17H19ClFNO3S2/c1-2-23-13-6-8-14(9-7-13)25(21,22)20-10-11-24-12-15-16(18)4-3-5-17(15)19/h3-9,20H,2,10-12H2,1H3. The molecule has 2 aromatic carbocycles. The summed E-state index contributed by atoms with van der Waals surface area (Å²) in [6, 6.07) is 10.8. The van der Waals surface area contributed by atoms with Crippen molar-refractivity contribution in [2.24, 2.45) is 0 Å². The third-order valence-corrected chi connectivity index (χ3v) is 6.11. The molecule has 2 aromatic rings. The van der Waals surface area contributed by atoms with Gasteiger partial charge in [-0.3, -0.25) is 0 Å². The molecule has 0 aliphatic carbocycles. The van der Waals surface area contributed by atoms with Crippen LogP contribution in [0.5, 0.6) is 5.75 Å². The number of hydrogen-bond acceptors (Lipinski definition) is 4. The van der Waals surface area contributed by atoms with Crippen molar-refractivity contribution in [3.8, 4) is 5.75 Å². The minimum absolute atomic E-state index is 0.179. The van der Waals surface area contributed by atoms with E-state index in [0.717, 1.165) is 0 Å². The molecule has 1 N–H and O–H groups in total. The van der Waals surface area contributed by atoms with Crippen molar-refractivity contribution >= 4 is 33.4 Å². The number of nitrogens with one attached hydrogen (secondary N) is 1. The monoisotopic (exact) mass is 403 g/mol. The van der Waals surface area contributed by atoms with Gasteiger partial charge in [0.25, 0.3) is 0 Å². The average Bonchev–Trinajstić information content (AvgIpc) is 2.58. The van der Waals surface area contributed by atoms with Crippen molar-refractivity contribution in [1.29, 1.82) is 0 Å². The maximum Gasteiger partial charge on any atom is 0.240 e. The zero-order valence-corrected chi connectivity index (χ0v) is 16.1. The molecule has 0 saturated carbocycles. The molecule has 0 aliphatic rings. The number of halogens is 2. The van der Waals surface area contributed by atoms with Gasteiger partial charge in [-0.05, 0) is 43.3 Å². The van der Waals surface area contributed by atoms with Crippen molar-refractivity contribution in [3.05, 3.63) is 58.9 Å². The van der Waals surface area contributed by atoms with E-state index < -0.39 is 10.0 Å². The molecule has 0 aromatic heterocycles. The zero-order chi connectivity index (χ0) is 18.3. The summed E-state index contributed by atoms with van der Waals surface area (Å²) in [5.41, 5.74) is 0.434. The Morgan fingerprint density at radius 1 is 1.20 bits per heavy atom. The van der Waals surface area contributed by atoms with Crippen LogP contribution in [0.4, 0.5) is 4.39 Å². The fraction of sp³-hybridized carbons (Fsp3) is 0.294. The lowest BCUT2D eigenvalue weighted by Crippen LogP contribution is -2.26. The normalized spacial score (nSPS) is 11.5. The van der Waals surface area contributed by atoms with Crippen molar-refractivity contribution in [1.82, 2.24) is 4.72 Å². The van der Waals surface area contributed by atoms with Gasteiger partial charge in [-0.1, -0.05) is 17.7 Å². The van der Waals surface area contributed by atoms with Gasteiger partial charge in [-0.2, -0.15) is 11.8 Å². The quantitative estimate of drug-likeness (QED) is 0.641. The number of thioether (sulfide) groups is 1. The molecular weight excluding hydrogens is 385 g/mol. The Kier molecular flexibility index (Phi) is 7.56. The fourth-order valence-corrected chi connectivity index (χ4v) is 4.42. The maximum absolute atomic E-state index is 13.6. The smallest absolute Gasteiger partial charge is 0.240 e. The molecule has 0 aliphatic heterocycles. The van der Waals surface area contributed by atoms with Gasteiger partial charge < -0.3 is 4.74 Å². The third kappa shape index (κ3) is 5.88. The molecule has 0 amide bonds. The Morgan fingerprint density at radius 2 is 1.92 bits per heavy atom. The fourth-order valence-electron chi connectivity index (χ4n) is 2.06. The summed E-state index contributed by atoms with van der Waals surface area (Å²) >= 11 is 7.36. The number of sulfonamides is 1. The molecule has 0 radical (unpaired) electrons. The SMILES string of the molecule is CCOc1ccc(S(=O)(=O)NCCSCc2c(F)cccc2Cl)cc1. The van der Waals surface area contributed by atoms with Gasteiger partial charge in [-0.15, -0.1) is 0 Å². The van der Waals surface area contributed by atoms with Crippen molar-refractivity contribution in [2.75, 3.05) is 18.9 Å². The van der Waals surface area contributed by atoms with Crippen LogP contribution in [0, 0.1) is 5.82 Å². The van der Waals surface area contributed by atoms with Crippen molar-refractivity contribution in [2.45, 2.75) is 17.6 Å². The summed E-state index contributed by atoms with van der Waals surface area (Å²) in [6.07, 6.45) is 0. The van der Waals surface area contributed by atoms with E-state index in [1.54, 1.807) is 24.3 Å². The lowest BCUT2D eigenvalue weighted by molar-refractivity contribution is 0.340. The van der Waals surface area contributed by atoms with Crippen LogP contribution in [-0.4, -0.2) is 27.3 Å². The minimum atomic E-state index is -3.57. The average molecular weight is 404 g/mol. The first-order valence-electron chi connectivity index (χ1n) is 7.67. The van der Waals surface area contributed by atoms with Gasteiger partial charge in [0.15, 0.2) is 0 Å². The van der Waals surface area contributed by atoms with E-state index in [2.05, 4.69) is 4.72 Å². The number of hydrogen-bond donors (Lipinski definition) is 1. The molecule has 0 spiro atoms. The summed E-state index contributed by atoms with van der Waals surface area (Å²) < 4.78 is 45.9. The van der Waals surface area contributed by atoms with E-state index >= 15 is 0 Å². The molecule has 0 bridgehead atoms. The van der Waals surface area contributed by atoms with Crippen LogP contribution in [-0.2, 0) is 15.8 Å². The molecular formula is C17H19ClFNO3S2. The highest BCUT2D eigenvalue weighted by Crippen LogP contribution is 2.23. The highest BCUT2D eigenvalue weighted by atomic mass is 35.5. The summed E-state index contributed by atoms with van der Waals surface area (Å²) in [4.78, 5) is 0.179. The molecule has 0 atom stereocenters. The van der Waals surface area contributed by atoms with Crippen LogP contribution in [0.3, 0.4) is 0 Å². The summed E-state index contributed by atoms with van der Waals surface area (Å²) in [6.45, 7) is 2.62. The van der Waals surface area contributed by atoms with Crippen LogP contribution in [0.15, 0.2) is 47.4 Å². The first-order chi connectivity index (χ1) is 11.9. The first kappa shape index (κ1) is 20.0. The Morgan fingerprint density at radius 3 is 2.56 bits per heavy atom. The van der Waals surface area contributed by atoms with Crippen LogP contribution in [0.25, 0.3) is 0 Å². The van der Waals surface area contributed by atoms with E-state index in [1.807, 2.05) is 6.92 Å². The molecule has 4 nitrogen and oxygen atoms in total.